The third kappa shape index (κ3) is 5.79. The van der Waals surface area contributed by atoms with Crippen LogP contribution in [0.2, 0.25) is 0 Å². The lowest BCUT2D eigenvalue weighted by Gasteiger charge is -2.22. The van der Waals surface area contributed by atoms with Gasteiger partial charge in [0.15, 0.2) is 0 Å². The van der Waals surface area contributed by atoms with Crippen molar-refractivity contribution in [1.29, 1.82) is 0 Å². The summed E-state index contributed by atoms with van der Waals surface area (Å²) in [4.78, 5) is 29.2. The molecule has 7 nitrogen and oxygen atoms in total. The number of hydrogen-bond acceptors (Lipinski definition) is 7. The van der Waals surface area contributed by atoms with Crippen molar-refractivity contribution < 1.29 is 23.5 Å². The summed E-state index contributed by atoms with van der Waals surface area (Å²) in [5, 5.41) is 0. The van der Waals surface area contributed by atoms with Gasteiger partial charge in [-0.25, -0.2) is 0 Å². The Kier molecular flexibility index (Phi) is 7.81. The minimum absolute atomic E-state index is 0.00280. The number of carbonyl (C=O) groups is 2. The zero-order chi connectivity index (χ0) is 21.5. The topological polar surface area (TPSA) is 72.2 Å². The first-order chi connectivity index (χ1) is 14.5. The number of hydrogen-bond donors (Lipinski definition) is 0. The second kappa shape index (κ2) is 10.5. The molecule has 30 heavy (non-hydrogen) atoms. The van der Waals surface area contributed by atoms with Crippen LogP contribution >= 0.6 is 11.8 Å². The fourth-order valence-electron chi connectivity index (χ4n) is 3.46. The molecule has 8 heteroatoms. The monoisotopic (exact) mass is 432 g/mol. The van der Waals surface area contributed by atoms with Gasteiger partial charge in [-0.05, 0) is 43.0 Å². The summed E-state index contributed by atoms with van der Waals surface area (Å²) >= 11 is 1.62. The fourth-order valence-corrected chi connectivity index (χ4v) is 3.88. The molecule has 1 saturated heterocycles. The van der Waals surface area contributed by atoms with Gasteiger partial charge in [0.05, 0.1) is 19.2 Å². The number of methoxy groups -OCH3 is 1. The lowest BCUT2D eigenvalue weighted by Crippen LogP contribution is -2.35. The van der Waals surface area contributed by atoms with E-state index in [0.29, 0.717) is 36.7 Å². The molecule has 1 aromatic carbocycles. The van der Waals surface area contributed by atoms with Gasteiger partial charge < -0.3 is 18.8 Å². The minimum atomic E-state index is -0.329. The maximum absolute atomic E-state index is 13.1. The standard InChI is InChI=1S/C22H28N2O5S/c1-16(25)28-15-18-6-5-17(29-18)14-23-9-4-10-24(12-11-23)22(26)20-8-7-19(30-3)13-21(20)27-2/h5-8,13H,4,9-12,14-15H2,1-3H3. The van der Waals surface area contributed by atoms with Gasteiger partial charge in [-0.1, -0.05) is 0 Å². The van der Waals surface area contributed by atoms with Crippen LogP contribution in [-0.2, 0) is 22.7 Å². The molecular formula is C22H28N2O5S. The smallest absolute Gasteiger partial charge is 0.303 e. The molecule has 2 aromatic rings. The Morgan fingerprint density at radius 2 is 1.90 bits per heavy atom. The van der Waals surface area contributed by atoms with Gasteiger partial charge in [0.25, 0.3) is 5.91 Å². The van der Waals surface area contributed by atoms with Gasteiger partial charge in [-0.2, -0.15) is 0 Å². The van der Waals surface area contributed by atoms with Crippen molar-refractivity contribution in [3.63, 3.8) is 0 Å². The summed E-state index contributed by atoms with van der Waals surface area (Å²) in [5.74, 6) is 1.75. The normalized spacial score (nSPS) is 15.0. The summed E-state index contributed by atoms with van der Waals surface area (Å²) < 4.78 is 16.2. The highest BCUT2D eigenvalue weighted by molar-refractivity contribution is 7.98. The highest BCUT2D eigenvalue weighted by Crippen LogP contribution is 2.27. The predicted octanol–water partition coefficient (Wildman–Crippen LogP) is 3.42. The molecule has 0 saturated carbocycles. The average Bonchev–Trinajstić information content (AvgIpc) is 3.07. The van der Waals surface area contributed by atoms with Gasteiger partial charge in [-0.3, -0.25) is 14.5 Å². The SMILES string of the molecule is COc1cc(SC)ccc1C(=O)N1CCCN(Cc2ccc(COC(C)=O)o2)CC1. The molecule has 3 rings (SSSR count). The average molecular weight is 433 g/mol. The maximum Gasteiger partial charge on any atom is 0.303 e. The molecule has 0 aliphatic carbocycles. The van der Waals surface area contributed by atoms with Gasteiger partial charge in [0.2, 0.25) is 0 Å². The number of amides is 1. The molecule has 1 aliphatic rings. The molecule has 1 aromatic heterocycles. The summed E-state index contributed by atoms with van der Waals surface area (Å²) in [6.07, 6.45) is 2.88. The lowest BCUT2D eigenvalue weighted by atomic mass is 10.1. The number of ether oxygens (including phenoxy) is 2. The Hall–Kier alpha value is -2.45. The van der Waals surface area contributed by atoms with Crippen molar-refractivity contribution in [1.82, 2.24) is 9.80 Å². The summed E-state index contributed by atoms with van der Waals surface area (Å²) in [7, 11) is 1.60. The molecule has 1 aliphatic heterocycles. The van der Waals surface area contributed by atoms with E-state index in [9.17, 15) is 9.59 Å². The minimum Gasteiger partial charge on any atom is -0.496 e. The first-order valence-corrected chi connectivity index (χ1v) is 11.2. The summed E-state index contributed by atoms with van der Waals surface area (Å²) in [5.41, 5.74) is 0.602. The number of carbonyl (C=O) groups excluding carboxylic acids is 2. The van der Waals surface area contributed by atoms with Crippen molar-refractivity contribution in [2.75, 3.05) is 39.5 Å². The first kappa shape index (κ1) is 22.2. The third-order valence-corrected chi connectivity index (χ3v) is 5.75. The van der Waals surface area contributed by atoms with Crippen LogP contribution in [0.4, 0.5) is 0 Å². The fraction of sp³-hybridized carbons (Fsp3) is 0.455. The van der Waals surface area contributed by atoms with Gasteiger partial charge in [-0.15, -0.1) is 11.8 Å². The van der Waals surface area contributed by atoms with Crippen LogP contribution in [0.3, 0.4) is 0 Å². The van der Waals surface area contributed by atoms with Crippen LogP contribution in [0, 0.1) is 0 Å². The maximum atomic E-state index is 13.1. The van der Waals surface area contributed by atoms with E-state index >= 15 is 0 Å². The number of benzene rings is 1. The molecule has 1 amide bonds. The zero-order valence-electron chi connectivity index (χ0n) is 17.7. The van der Waals surface area contributed by atoms with Crippen LogP contribution in [0.5, 0.6) is 5.75 Å². The molecule has 0 N–H and O–H groups in total. The molecule has 0 radical (unpaired) electrons. The van der Waals surface area contributed by atoms with Crippen LogP contribution in [-0.4, -0.2) is 61.2 Å². The predicted molar refractivity (Wildman–Crippen MR) is 115 cm³/mol. The van der Waals surface area contributed by atoms with Crippen LogP contribution in [0.1, 0.15) is 35.2 Å². The molecule has 0 spiro atoms. The van der Waals surface area contributed by atoms with Crippen LogP contribution in [0.25, 0.3) is 0 Å². The van der Waals surface area contributed by atoms with E-state index in [1.165, 1.54) is 6.92 Å². The van der Waals surface area contributed by atoms with E-state index in [-0.39, 0.29) is 18.5 Å². The van der Waals surface area contributed by atoms with E-state index in [4.69, 9.17) is 13.9 Å². The van der Waals surface area contributed by atoms with Crippen molar-refractivity contribution in [3.8, 4) is 5.75 Å². The quantitative estimate of drug-likeness (QED) is 0.490. The van der Waals surface area contributed by atoms with Gasteiger partial charge in [0, 0.05) is 38.0 Å². The molecule has 0 atom stereocenters. The number of thioether (sulfide) groups is 1. The van der Waals surface area contributed by atoms with E-state index < -0.39 is 0 Å². The second-order valence-electron chi connectivity index (χ2n) is 7.14. The van der Waals surface area contributed by atoms with E-state index in [0.717, 1.165) is 30.2 Å². The van der Waals surface area contributed by atoms with Gasteiger partial charge >= 0.3 is 5.97 Å². The number of rotatable bonds is 7. The Labute approximate surface area is 181 Å². The third-order valence-electron chi connectivity index (χ3n) is 5.03. The first-order valence-electron chi connectivity index (χ1n) is 9.94. The summed E-state index contributed by atoms with van der Waals surface area (Å²) in [6, 6.07) is 9.45. The Bertz CT molecular complexity index is 882. The Balaban J connectivity index is 1.58. The van der Waals surface area contributed by atoms with Crippen LogP contribution < -0.4 is 4.74 Å². The molecule has 2 heterocycles. The van der Waals surface area contributed by atoms with E-state index in [1.807, 2.05) is 41.5 Å². The van der Waals surface area contributed by atoms with Crippen molar-refractivity contribution >= 4 is 23.6 Å². The highest BCUT2D eigenvalue weighted by Gasteiger charge is 2.23. The Morgan fingerprint density at radius 1 is 1.10 bits per heavy atom. The number of esters is 1. The molecule has 0 unspecified atom stereocenters. The van der Waals surface area contributed by atoms with E-state index in [2.05, 4.69) is 4.90 Å². The van der Waals surface area contributed by atoms with Crippen molar-refractivity contribution in [2.45, 2.75) is 31.4 Å². The van der Waals surface area contributed by atoms with Crippen molar-refractivity contribution in [3.05, 3.63) is 47.4 Å². The van der Waals surface area contributed by atoms with Crippen LogP contribution in [0.15, 0.2) is 39.6 Å². The molecule has 0 bridgehead atoms. The number of nitrogens with zero attached hydrogens (tertiary/aromatic N) is 2. The largest absolute Gasteiger partial charge is 0.496 e. The molecular weight excluding hydrogens is 404 g/mol. The van der Waals surface area contributed by atoms with E-state index in [1.54, 1.807) is 18.9 Å². The second-order valence-corrected chi connectivity index (χ2v) is 8.02. The zero-order valence-corrected chi connectivity index (χ0v) is 18.5. The molecule has 1 fully saturated rings. The van der Waals surface area contributed by atoms with Gasteiger partial charge in [0.1, 0.15) is 23.9 Å². The highest BCUT2D eigenvalue weighted by atomic mass is 32.2. The van der Waals surface area contributed by atoms with Crippen molar-refractivity contribution in [2.24, 2.45) is 0 Å². The Morgan fingerprint density at radius 3 is 2.63 bits per heavy atom. The number of furan rings is 1. The summed E-state index contributed by atoms with van der Waals surface area (Å²) in [6.45, 7) is 5.18. The molecule has 162 valence electrons. The lowest BCUT2D eigenvalue weighted by molar-refractivity contribution is -0.142.